The van der Waals surface area contributed by atoms with Crippen LogP contribution < -0.4 is 16.4 Å². The van der Waals surface area contributed by atoms with Crippen LogP contribution in [0, 0.1) is 0 Å². The van der Waals surface area contributed by atoms with Crippen molar-refractivity contribution in [3.05, 3.63) is 94.4 Å². The monoisotopic (exact) mass is 1130 g/mol. The fourth-order valence-electron chi connectivity index (χ4n) is 2.78. The van der Waals surface area contributed by atoms with Crippen molar-refractivity contribution < 1.29 is 0 Å². The summed E-state index contributed by atoms with van der Waals surface area (Å²) in [6, 6.07) is 0. The number of allylic oxidation sites excluding steroid dienone is 1. The summed E-state index contributed by atoms with van der Waals surface area (Å²) in [4.78, 5) is 30.5. The molecule has 3 radical (unpaired) electrons. The summed E-state index contributed by atoms with van der Waals surface area (Å²) in [6.07, 6.45) is 6.41. The zero-order chi connectivity index (χ0) is 38.6. The van der Waals surface area contributed by atoms with Gasteiger partial charge in [0.2, 0.25) is 21.1 Å². The summed E-state index contributed by atoms with van der Waals surface area (Å²) >= 11 is 42.8. The fraction of sp³-hybridized carbons (Fsp3) is 0.333. The third-order valence-corrected chi connectivity index (χ3v) is 9.07. The molecule has 4 N–H and O–H groups in total. The van der Waals surface area contributed by atoms with Crippen LogP contribution in [0.1, 0.15) is 48.1 Å². The molecule has 5 rings (SSSR count). The Balaban J connectivity index is -0.000000283. The first-order chi connectivity index (χ1) is 23.4. The fourth-order valence-corrected chi connectivity index (χ4v) is 4.20. The minimum atomic E-state index is 0. The van der Waals surface area contributed by atoms with Crippen LogP contribution in [0.4, 0.5) is 17.5 Å². The number of alkyl halides is 1. The maximum absolute atomic E-state index is 5.65. The summed E-state index contributed by atoms with van der Waals surface area (Å²) < 4.78 is 2.10. The molecule has 0 spiro atoms. The number of nitrogens with two attached hydrogens (primary N) is 1. The maximum atomic E-state index is 5.65. The van der Waals surface area contributed by atoms with Gasteiger partial charge >= 0.3 is 63.2 Å². The Labute approximate surface area is 419 Å². The minimum absolute atomic E-state index is 0. The van der Waals surface area contributed by atoms with Gasteiger partial charge in [-0.25, -0.2) is 29.9 Å². The normalized spacial score (nSPS) is 10.7. The number of nitrogen functional groups attached to an aromatic ring is 1. The number of nitrogens with one attached hydrogen (secondary N) is 2. The molecule has 0 unspecified atom stereocenters. The van der Waals surface area contributed by atoms with Gasteiger partial charge in [-0.2, -0.15) is 9.97 Å². The molecule has 0 aliphatic carbocycles. The number of nitrogens with zero attached hydrogens (tertiary/aromatic N) is 8. The first kappa shape index (κ1) is 61.6. The molecule has 0 saturated carbocycles. The third-order valence-electron chi connectivity index (χ3n) is 5.10. The molecule has 11 nitrogen and oxygen atoms in total. The number of rotatable bonds is 4. The van der Waals surface area contributed by atoms with Gasteiger partial charge in [-0.1, -0.05) is 80.5 Å². The van der Waals surface area contributed by atoms with Gasteiger partial charge in [0.25, 0.3) is 0 Å². The van der Waals surface area contributed by atoms with E-state index in [1.807, 2.05) is 13.8 Å². The standard InChI is InChI=1S/C8H9BrClN3.C8H10ClN3.C4HBrCl2N2.C4H3BrClN3.C4H7Br.2CH4.B.2K/c1-5(2)3-11-7-6(9)4-12-8(10)13-7;1-8(2)4-11-6-5(8)3-10-7(9)12-6;5-2-1-8-4(7)9-3(2)6;5-2-1-8-4(6)9-3(2)7;1-4(2)3-5;;;;;/h4H,1,3H2,2H3,(H,11,12,13);3H,4H2,1-2H3,(H,10,11,12);1H;1H,(H2,7,8,9);1,3H2,2H3;2*1H4;;;. The Morgan fingerprint density at radius 2 is 1.23 bits per heavy atom. The van der Waals surface area contributed by atoms with Gasteiger partial charge in [-0.3, -0.25) is 0 Å². The molecule has 281 valence electrons. The van der Waals surface area contributed by atoms with Crippen LogP contribution >= 0.6 is 122 Å². The van der Waals surface area contributed by atoms with Crippen molar-refractivity contribution >= 4 is 211 Å². The van der Waals surface area contributed by atoms with Crippen molar-refractivity contribution in [2.45, 2.75) is 48.0 Å². The first-order valence-corrected chi connectivity index (χ1v) is 35.6. The zero-order valence-electron chi connectivity index (χ0n) is 28.5. The molecule has 0 amide bonds. The quantitative estimate of drug-likeness (QED) is 0.0588. The molecular formula is C30H38BBr4Cl5K2N11. The summed E-state index contributed by atoms with van der Waals surface area (Å²) in [5.41, 5.74) is 8.81. The first-order valence-electron chi connectivity index (χ1n) is 14.2. The summed E-state index contributed by atoms with van der Waals surface area (Å²) in [5.74, 6) is 1.91. The Morgan fingerprint density at radius 1 is 0.792 bits per heavy atom. The van der Waals surface area contributed by atoms with Crippen molar-refractivity contribution in [2.24, 2.45) is 0 Å². The molecule has 0 saturated heterocycles. The van der Waals surface area contributed by atoms with Gasteiger partial charge in [-0.05, 0) is 108 Å². The molecule has 0 fully saturated rings. The van der Waals surface area contributed by atoms with E-state index in [1.165, 1.54) is 81.1 Å². The van der Waals surface area contributed by atoms with Gasteiger partial charge in [-0.15, -0.1) is 0 Å². The van der Waals surface area contributed by atoms with E-state index in [0.29, 0.717) is 37.6 Å². The number of fused-ring (bicyclic) bond motifs is 1. The van der Waals surface area contributed by atoms with Gasteiger partial charge in [0.1, 0.15) is 22.6 Å². The average Bonchev–Trinajstić information content (AvgIpc) is 3.36. The molecule has 4 aromatic heterocycles. The van der Waals surface area contributed by atoms with Gasteiger partial charge in [0.05, 0.1) is 13.4 Å². The van der Waals surface area contributed by atoms with Crippen LogP contribution in [0.3, 0.4) is 0 Å². The Hall–Kier alpha value is 1.91. The van der Waals surface area contributed by atoms with E-state index < -0.39 is 0 Å². The van der Waals surface area contributed by atoms with Crippen LogP contribution in [0.2, 0.25) is 26.3 Å². The van der Waals surface area contributed by atoms with Gasteiger partial charge in [0.15, 0.2) is 0 Å². The zero-order valence-corrected chi connectivity index (χ0v) is 44.8. The van der Waals surface area contributed by atoms with E-state index in [4.69, 9.17) is 63.7 Å². The molecule has 0 atom stereocenters. The molecule has 5 heterocycles. The van der Waals surface area contributed by atoms with Crippen molar-refractivity contribution in [3.8, 4) is 0 Å². The van der Waals surface area contributed by atoms with Crippen LogP contribution in [-0.2, 0) is 5.41 Å². The summed E-state index contributed by atoms with van der Waals surface area (Å²) in [7, 11) is 0. The summed E-state index contributed by atoms with van der Waals surface area (Å²) in [6.45, 7) is 17.2. The Morgan fingerprint density at radius 3 is 1.66 bits per heavy atom. The van der Waals surface area contributed by atoms with Crippen molar-refractivity contribution in [1.29, 1.82) is 0 Å². The second kappa shape index (κ2) is 33.7. The van der Waals surface area contributed by atoms with Crippen molar-refractivity contribution in [2.75, 3.05) is 34.8 Å². The van der Waals surface area contributed by atoms with E-state index in [1.54, 1.807) is 12.4 Å². The SMILES string of the molecule is C.C.C=C(C)CBr.C=C(C)CNc1nc(Cl)ncc1Br.CC1(C)CNc2nc(Cl)ncc21.Clc1ncc(Br)c(Cl)n1.Nc1nc(Cl)ncc1Br.[B].[K][K]. The molecule has 1 aliphatic heterocycles. The van der Waals surface area contributed by atoms with E-state index in [2.05, 4.69) is 141 Å². The summed E-state index contributed by atoms with van der Waals surface area (Å²) in [5, 5.41) is 8.37. The second-order valence-corrected chi connectivity index (χ2v) is 14.9. The van der Waals surface area contributed by atoms with Gasteiger partial charge < -0.3 is 16.4 Å². The predicted octanol–water partition coefficient (Wildman–Crippen LogP) is 10.8. The van der Waals surface area contributed by atoms with Gasteiger partial charge in [0, 0.05) is 62.6 Å². The van der Waals surface area contributed by atoms with Crippen LogP contribution in [-0.4, -0.2) is 130 Å². The van der Waals surface area contributed by atoms with E-state index in [-0.39, 0.29) is 44.5 Å². The number of hydrogen-bond donors (Lipinski definition) is 3. The third kappa shape index (κ3) is 27.3. The van der Waals surface area contributed by atoms with Crippen molar-refractivity contribution in [1.82, 2.24) is 39.9 Å². The van der Waals surface area contributed by atoms with Crippen LogP contribution in [0.5, 0.6) is 0 Å². The molecule has 4 aromatic rings. The number of aromatic nitrogens is 8. The topological polar surface area (TPSA) is 153 Å². The van der Waals surface area contributed by atoms with Crippen LogP contribution in [0.25, 0.3) is 0 Å². The van der Waals surface area contributed by atoms with E-state index in [9.17, 15) is 0 Å². The average molecular weight is 1140 g/mol. The Kier molecular flexibility index (Phi) is 39.2. The van der Waals surface area contributed by atoms with E-state index >= 15 is 0 Å². The molecule has 0 bridgehead atoms. The number of anilines is 3. The van der Waals surface area contributed by atoms with Crippen molar-refractivity contribution in [3.63, 3.8) is 0 Å². The Bertz CT molecular complexity index is 1650. The molecule has 23 heteroatoms. The van der Waals surface area contributed by atoms with E-state index in [0.717, 1.165) is 33.3 Å². The number of halogens is 9. The molecular weight excluding hydrogens is 1100 g/mol. The molecule has 1 aliphatic rings. The molecule has 0 aromatic carbocycles. The van der Waals surface area contributed by atoms with Crippen LogP contribution in [0.15, 0.2) is 62.5 Å². The molecule has 53 heavy (non-hydrogen) atoms. The second-order valence-electron chi connectivity index (χ2n) is 10.0. The predicted molar refractivity (Wildman–Crippen MR) is 245 cm³/mol. The number of hydrogen-bond acceptors (Lipinski definition) is 11.